The molecule has 0 bridgehead atoms. The van der Waals surface area contributed by atoms with Crippen molar-refractivity contribution in [3.63, 3.8) is 0 Å². The van der Waals surface area contributed by atoms with Crippen molar-refractivity contribution in [2.45, 2.75) is 24.8 Å². The van der Waals surface area contributed by atoms with Gasteiger partial charge in [-0.05, 0) is 6.92 Å². The maximum Gasteiger partial charge on any atom is 0.0665 e. The fourth-order valence-electron chi connectivity index (χ4n) is 0.188. The van der Waals surface area contributed by atoms with Crippen molar-refractivity contribution in [1.82, 2.24) is 0 Å². The van der Waals surface area contributed by atoms with Gasteiger partial charge in [-0.2, -0.15) is 0 Å². The van der Waals surface area contributed by atoms with Crippen LogP contribution in [0.2, 0.25) is 0 Å². The Morgan fingerprint density at radius 1 is 1.43 bits per heavy atom. The Morgan fingerprint density at radius 2 is 1.86 bits per heavy atom. The second-order valence-corrected chi connectivity index (χ2v) is 3.06. The van der Waals surface area contributed by atoms with Gasteiger partial charge in [-0.1, -0.05) is 22.9 Å². The fourth-order valence-corrected chi connectivity index (χ4v) is 0.403. The third kappa shape index (κ3) is 3.06. The lowest BCUT2D eigenvalue weighted by atomic mass is 10.3. The highest BCUT2D eigenvalue weighted by atomic mass is 79.9. The van der Waals surface area contributed by atoms with E-state index in [1.54, 1.807) is 7.11 Å². The van der Waals surface area contributed by atoms with Crippen molar-refractivity contribution in [2.24, 2.45) is 0 Å². The molecule has 0 aromatic heterocycles. The Morgan fingerprint density at radius 3 is 1.86 bits per heavy atom. The van der Waals surface area contributed by atoms with E-state index < -0.39 is 0 Å². The summed E-state index contributed by atoms with van der Waals surface area (Å²) >= 11 is 3.37. The normalized spacial score (nSPS) is 18.9. The molecule has 0 spiro atoms. The predicted octanol–water partition coefficient (Wildman–Crippen LogP) is 1.80. The first kappa shape index (κ1) is 7.44. The molecule has 0 N–H and O–H groups in total. The number of methoxy groups -OCH3 is 1. The van der Waals surface area contributed by atoms with Crippen LogP contribution in [-0.2, 0) is 4.74 Å². The number of hydrogen-bond donors (Lipinski definition) is 0. The summed E-state index contributed by atoms with van der Waals surface area (Å²) < 4.78 is 4.96. The Hall–Kier alpha value is 0.440. The molecule has 0 amide bonds. The molecule has 7 heavy (non-hydrogen) atoms. The van der Waals surface area contributed by atoms with Gasteiger partial charge < -0.3 is 4.74 Å². The predicted molar refractivity (Wildman–Crippen MR) is 34.9 cm³/mol. The Bertz CT molecular complexity index is 45.3. The average Bonchev–Trinajstić information content (AvgIpc) is 1.65. The van der Waals surface area contributed by atoms with Crippen LogP contribution < -0.4 is 0 Å². The first-order valence-electron chi connectivity index (χ1n) is 2.35. The first-order valence-corrected chi connectivity index (χ1v) is 3.27. The Kier molecular flexibility index (Phi) is 3.66. The molecular weight excluding hydrogens is 156 g/mol. The molecule has 0 aliphatic carbocycles. The molecule has 0 aliphatic heterocycles. The van der Waals surface area contributed by atoms with E-state index in [0.29, 0.717) is 10.9 Å². The zero-order valence-corrected chi connectivity index (χ0v) is 6.53. The lowest BCUT2D eigenvalue weighted by molar-refractivity contribution is 0.121. The topological polar surface area (TPSA) is 9.23 Å². The summed E-state index contributed by atoms with van der Waals surface area (Å²) in [6.07, 6.45) is 0.319. The van der Waals surface area contributed by atoms with Crippen LogP contribution in [0.5, 0.6) is 0 Å². The molecule has 0 aromatic carbocycles. The fraction of sp³-hybridized carbons (Fsp3) is 1.00. The van der Waals surface area contributed by atoms with Gasteiger partial charge in [0.25, 0.3) is 0 Å². The molecular formula is C5H11BrO. The minimum absolute atomic E-state index is 0.319. The number of ether oxygens (including phenoxy) is 1. The van der Waals surface area contributed by atoms with Crippen molar-refractivity contribution in [3.05, 3.63) is 0 Å². The third-order valence-corrected chi connectivity index (χ3v) is 1.76. The van der Waals surface area contributed by atoms with Gasteiger partial charge in [0, 0.05) is 11.9 Å². The summed E-state index contributed by atoms with van der Waals surface area (Å²) in [5, 5.41) is 0. The molecule has 0 rings (SSSR count). The van der Waals surface area contributed by atoms with Gasteiger partial charge in [-0.25, -0.2) is 0 Å². The second kappa shape index (κ2) is 3.44. The number of alkyl halides is 1. The molecule has 0 aromatic rings. The molecule has 2 heteroatoms. The van der Waals surface area contributed by atoms with Gasteiger partial charge in [0.2, 0.25) is 0 Å². The van der Waals surface area contributed by atoms with Gasteiger partial charge in [-0.15, -0.1) is 0 Å². The summed E-state index contributed by atoms with van der Waals surface area (Å²) in [6, 6.07) is 0. The molecule has 0 aliphatic rings. The minimum Gasteiger partial charge on any atom is -0.381 e. The Balaban J connectivity index is 3.14. The van der Waals surface area contributed by atoms with Crippen molar-refractivity contribution >= 4 is 15.9 Å². The largest absolute Gasteiger partial charge is 0.381 e. The van der Waals surface area contributed by atoms with E-state index in [1.807, 2.05) is 6.92 Å². The maximum absolute atomic E-state index is 4.96. The van der Waals surface area contributed by atoms with Crippen LogP contribution in [-0.4, -0.2) is 18.0 Å². The highest BCUT2D eigenvalue weighted by Gasteiger charge is 2.04. The van der Waals surface area contributed by atoms with Crippen LogP contribution in [0.3, 0.4) is 0 Å². The van der Waals surface area contributed by atoms with Gasteiger partial charge in [0.1, 0.15) is 0 Å². The van der Waals surface area contributed by atoms with Crippen LogP contribution in [0.25, 0.3) is 0 Å². The minimum atomic E-state index is 0.319. The monoisotopic (exact) mass is 166 g/mol. The molecule has 44 valence electrons. The molecule has 0 unspecified atom stereocenters. The average molecular weight is 167 g/mol. The molecule has 0 saturated carbocycles. The molecule has 1 nitrogen and oxygen atoms in total. The van der Waals surface area contributed by atoms with Crippen molar-refractivity contribution < 1.29 is 4.74 Å². The van der Waals surface area contributed by atoms with Crippen molar-refractivity contribution in [1.29, 1.82) is 0 Å². The lowest BCUT2D eigenvalue weighted by Crippen LogP contribution is -2.14. The number of hydrogen-bond acceptors (Lipinski definition) is 1. The smallest absolute Gasteiger partial charge is 0.0665 e. The van der Waals surface area contributed by atoms with Crippen molar-refractivity contribution in [2.75, 3.05) is 7.11 Å². The number of rotatable bonds is 2. The van der Waals surface area contributed by atoms with Gasteiger partial charge in [-0.3, -0.25) is 0 Å². The van der Waals surface area contributed by atoms with Crippen molar-refractivity contribution in [3.8, 4) is 0 Å². The van der Waals surface area contributed by atoms with Crippen LogP contribution in [0.15, 0.2) is 0 Å². The van der Waals surface area contributed by atoms with E-state index >= 15 is 0 Å². The summed E-state index contributed by atoms with van der Waals surface area (Å²) in [5.41, 5.74) is 0. The molecule has 0 radical (unpaired) electrons. The van der Waals surface area contributed by atoms with E-state index in [9.17, 15) is 0 Å². The van der Waals surface area contributed by atoms with Gasteiger partial charge in [0.15, 0.2) is 0 Å². The molecule has 0 heterocycles. The van der Waals surface area contributed by atoms with E-state index in [0.717, 1.165) is 0 Å². The van der Waals surface area contributed by atoms with Gasteiger partial charge in [0.05, 0.1) is 6.10 Å². The quantitative estimate of drug-likeness (QED) is 0.570. The van der Waals surface area contributed by atoms with Crippen LogP contribution in [0, 0.1) is 0 Å². The molecule has 0 saturated heterocycles. The molecule has 0 fully saturated rings. The first-order chi connectivity index (χ1) is 3.18. The zero-order valence-electron chi connectivity index (χ0n) is 4.94. The summed E-state index contributed by atoms with van der Waals surface area (Å²) in [7, 11) is 1.71. The zero-order chi connectivity index (χ0) is 5.86. The summed E-state index contributed by atoms with van der Waals surface area (Å²) in [6.45, 7) is 4.09. The van der Waals surface area contributed by atoms with E-state index in [4.69, 9.17) is 4.74 Å². The van der Waals surface area contributed by atoms with E-state index in [1.165, 1.54) is 0 Å². The summed E-state index contributed by atoms with van der Waals surface area (Å²) in [4.78, 5) is 0.456. The number of halogens is 1. The highest BCUT2D eigenvalue weighted by Crippen LogP contribution is 2.05. The van der Waals surface area contributed by atoms with Crippen LogP contribution >= 0.6 is 15.9 Å². The standard InChI is InChI=1S/C5H11BrO/c1-4(6)5(2)7-3/h4-5H,1-3H3/t4-,5+/m1/s1. The van der Waals surface area contributed by atoms with Gasteiger partial charge >= 0.3 is 0 Å². The van der Waals surface area contributed by atoms with E-state index in [-0.39, 0.29) is 0 Å². The van der Waals surface area contributed by atoms with Crippen LogP contribution in [0.1, 0.15) is 13.8 Å². The van der Waals surface area contributed by atoms with Crippen LogP contribution in [0.4, 0.5) is 0 Å². The van der Waals surface area contributed by atoms with E-state index in [2.05, 4.69) is 22.9 Å². The maximum atomic E-state index is 4.96. The Labute approximate surface area is 53.2 Å². The lowest BCUT2D eigenvalue weighted by Gasteiger charge is -2.09. The SMILES string of the molecule is CO[C@@H](C)[C@@H](C)Br. The third-order valence-electron chi connectivity index (χ3n) is 1.02. The summed E-state index contributed by atoms with van der Waals surface area (Å²) in [5.74, 6) is 0. The highest BCUT2D eigenvalue weighted by molar-refractivity contribution is 9.09. The molecule has 2 atom stereocenters. The second-order valence-electron chi connectivity index (χ2n) is 1.62.